The molecule has 1 aliphatic heterocycles. The van der Waals surface area contributed by atoms with Gasteiger partial charge in [-0.3, -0.25) is 4.79 Å². The Morgan fingerprint density at radius 3 is 2.12 bits per heavy atom. The molecule has 2 heterocycles. The number of aryl methyl sites for hydroxylation is 1. The van der Waals surface area contributed by atoms with E-state index in [0.717, 1.165) is 6.07 Å². The molecule has 90 valence electrons. The number of rotatable bonds is 0. The quantitative estimate of drug-likeness (QED) is 0.521. The smallest absolute Gasteiger partial charge is 0.332 e. The van der Waals surface area contributed by atoms with Gasteiger partial charge in [0.25, 0.3) is 5.56 Å². The second-order valence-corrected chi connectivity index (χ2v) is 3.42. The summed E-state index contributed by atoms with van der Waals surface area (Å²) in [5.41, 5.74) is -1.68. The zero-order chi connectivity index (χ0) is 12.6. The van der Waals surface area contributed by atoms with Crippen LogP contribution in [0.3, 0.4) is 0 Å². The standard InChI is InChI=1S/C9H8N2O6/c1-5-4-6(12)11-9(15)10(5)16-7(13)2-3-8(14)17-11/h4H,2-3H2,1H3. The highest BCUT2D eigenvalue weighted by Crippen LogP contribution is 1.96. The van der Waals surface area contributed by atoms with E-state index in [2.05, 4.69) is 4.84 Å². The largest absolute Gasteiger partial charge is 0.398 e. The summed E-state index contributed by atoms with van der Waals surface area (Å²) in [5, 5.41) is 0. The average Bonchev–Trinajstić information content (AvgIpc) is 2.30. The number of hydrogen-bond acceptors (Lipinski definition) is 6. The fourth-order valence-electron chi connectivity index (χ4n) is 1.32. The summed E-state index contributed by atoms with van der Waals surface area (Å²) in [6.07, 6.45) is -0.485. The number of carbonyl (C=O) groups is 2. The van der Waals surface area contributed by atoms with Crippen LogP contribution in [0.15, 0.2) is 15.7 Å². The van der Waals surface area contributed by atoms with Gasteiger partial charge < -0.3 is 9.68 Å². The van der Waals surface area contributed by atoms with E-state index < -0.39 is 23.2 Å². The molecule has 8 heteroatoms. The SMILES string of the molecule is Cc1cc(=O)n2c(=O)n1OC(=O)CCC(=O)O2. The molecule has 0 radical (unpaired) electrons. The van der Waals surface area contributed by atoms with Crippen molar-refractivity contribution in [3.05, 3.63) is 32.6 Å². The van der Waals surface area contributed by atoms with Crippen LogP contribution in [-0.2, 0) is 9.59 Å². The molecule has 1 aromatic heterocycles. The topological polar surface area (TPSA) is 96.6 Å². The molecular weight excluding hydrogens is 232 g/mol. The van der Waals surface area contributed by atoms with Gasteiger partial charge in [-0.05, 0) is 6.92 Å². The van der Waals surface area contributed by atoms with Crippen molar-refractivity contribution in [3.63, 3.8) is 0 Å². The molecule has 17 heavy (non-hydrogen) atoms. The highest BCUT2D eigenvalue weighted by Gasteiger charge is 2.20. The third-order valence-corrected chi connectivity index (χ3v) is 2.12. The summed E-state index contributed by atoms with van der Waals surface area (Å²) in [5.74, 6) is -1.60. The Labute approximate surface area is 93.9 Å². The van der Waals surface area contributed by atoms with Crippen molar-refractivity contribution in [2.75, 3.05) is 0 Å². The number of carbonyl (C=O) groups excluding carboxylic acids is 2. The number of fused-ring (bicyclic) bond motifs is 2. The van der Waals surface area contributed by atoms with Crippen LogP contribution in [-0.4, -0.2) is 21.4 Å². The Morgan fingerprint density at radius 2 is 1.53 bits per heavy atom. The Morgan fingerprint density at radius 1 is 1.00 bits per heavy atom. The first-order valence-corrected chi connectivity index (χ1v) is 4.77. The third kappa shape index (κ3) is 1.96. The van der Waals surface area contributed by atoms with Gasteiger partial charge in [-0.1, -0.05) is 4.73 Å². The van der Waals surface area contributed by atoms with Crippen LogP contribution in [0, 0.1) is 6.92 Å². The van der Waals surface area contributed by atoms with Crippen molar-refractivity contribution in [2.24, 2.45) is 0 Å². The Hall–Kier alpha value is -2.38. The summed E-state index contributed by atoms with van der Waals surface area (Å²) < 4.78 is 0.871. The van der Waals surface area contributed by atoms with Crippen LogP contribution in [0.2, 0.25) is 0 Å². The molecule has 2 rings (SSSR count). The molecule has 0 aromatic carbocycles. The average molecular weight is 240 g/mol. The fourth-order valence-corrected chi connectivity index (χ4v) is 1.32. The maximum Gasteiger partial charge on any atom is 0.398 e. The zero-order valence-electron chi connectivity index (χ0n) is 8.84. The molecule has 0 spiro atoms. The predicted molar refractivity (Wildman–Crippen MR) is 52.1 cm³/mol. The first kappa shape index (κ1) is 11.1. The number of aromatic nitrogens is 2. The van der Waals surface area contributed by atoms with Gasteiger partial charge in [-0.25, -0.2) is 14.4 Å². The molecule has 8 nitrogen and oxygen atoms in total. The Bertz CT molecular complexity index is 611. The van der Waals surface area contributed by atoms with Gasteiger partial charge in [-0.2, -0.15) is 0 Å². The van der Waals surface area contributed by atoms with Crippen LogP contribution < -0.4 is 20.9 Å². The summed E-state index contributed by atoms with van der Waals surface area (Å²) >= 11 is 0. The molecular formula is C9H8N2O6. The summed E-state index contributed by atoms with van der Waals surface area (Å²) in [7, 11) is 0. The lowest BCUT2D eigenvalue weighted by Gasteiger charge is -2.08. The molecule has 0 unspecified atom stereocenters. The monoisotopic (exact) mass is 240 g/mol. The van der Waals surface area contributed by atoms with E-state index in [4.69, 9.17) is 4.84 Å². The molecule has 1 aromatic rings. The second kappa shape index (κ2) is 3.89. The van der Waals surface area contributed by atoms with Gasteiger partial charge >= 0.3 is 17.6 Å². The summed E-state index contributed by atoms with van der Waals surface area (Å²) in [6, 6.07) is 1.02. The van der Waals surface area contributed by atoms with Gasteiger partial charge in [0.2, 0.25) is 0 Å². The van der Waals surface area contributed by atoms with Crippen molar-refractivity contribution >= 4 is 11.9 Å². The van der Waals surface area contributed by atoms with Crippen LogP contribution in [0.25, 0.3) is 0 Å². The van der Waals surface area contributed by atoms with Crippen molar-refractivity contribution in [1.82, 2.24) is 9.46 Å². The summed E-state index contributed by atoms with van der Waals surface area (Å²) in [4.78, 5) is 54.8. The minimum atomic E-state index is -1.03. The fraction of sp³-hybridized carbons (Fsp3) is 0.333. The highest BCUT2D eigenvalue weighted by molar-refractivity contribution is 5.78. The lowest BCUT2D eigenvalue weighted by atomic mass is 10.3. The molecule has 2 bridgehead atoms. The van der Waals surface area contributed by atoms with Gasteiger partial charge in [0.15, 0.2) is 0 Å². The van der Waals surface area contributed by atoms with Crippen LogP contribution in [0.1, 0.15) is 18.5 Å². The maximum absolute atomic E-state index is 11.7. The molecule has 0 saturated heterocycles. The molecule has 0 saturated carbocycles. The van der Waals surface area contributed by atoms with E-state index in [1.165, 1.54) is 6.92 Å². The van der Waals surface area contributed by atoms with Gasteiger partial charge in [-0.15, -0.1) is 4.73 Å². The highest BCUT2D eigenvalue weighted by atomic mass is 16.7. The van der Waals surface area contributed by atoms with Gasteiger partial charge in [0, 0.05) is 6.07 Å². The van der Waals surface area contributed by atoms with E-state index in [1.807, 2.05) is 0 Å². The van der Waals surface area contributed by atoms with Crippen LogP contribution >= 0.6 is 0 Å². The van der Waals surface area contributed by atoms with E-state index in [-0.39, 0.29) is 23.3 Å². The molecule has 0 fully saturated rings. The predicted octanol–water partition coefficient (Wildman–Crippen LogP) is -1.98. The van der Waals surface area contributed by atoms with E-state index in [9.17, 15) is 19.2 Å². The minimum Gasteiger partial charge on any atom is -0.332 e. The lowest BCUT2D eigenvalue weighted by Crippen LogP contribution is -2.47. The molecule has 0 atom stereocenters. The minimum absolute atomic E-state index is 0.141. The summed E-state index contributed by atoms with van der Waals surface area (Å²) in [6.45, 7) is 1.42. The molecule has 0 N–H and O–H groups in total. The van der Waals surface area contributed by atoms with E-state index in [0.29, 0.717) is 4.73 Å². The molecule has 0 amide bonds. The zero-order valence-corrected chi connectivity index (χ0v) is 8.84. The van der Waals surface area contributed by atoms with E-state index in [1.54, 1.807) is 0 Å². The first-order chi connectivity index (χ1) is 7.99. The lowest BCUT2D eigenvalue weighted by molar-refractivity contribution is -0.148. The van der Waals surface area contributed by atoms with E-state index >= 15 is 0 Å². The van der Waals surface area contributed by atoms with Crippen molar-refractivity contribution in [1.29, 1.82) is 0 Å². The molecule has 0 aliphatic carbocycles. The van der Waals surface area contributed by atoms with Crippen molar-refractivity contribution < 1.29 is 19.3 Å². The normalized spacial score (nSPS) is 15.4. The van der Waals surface area contributed by atoms with Crippen molar-refractivity contribution in [3.8, 4) is 0 Å². The van der Waals surface area contributed by atoms with Gasteiger partial charge in [0.05, 0.1) is 18.5 Å². The third-order valence-electron chi connectivity index (χ3n) is 2.12. The maximum atomic E-state index is 11.7. The van der Waals surface area contributed by atoms with Crippen molar-refractivity contribution in [2.45, 2.75) is 19.8 Å². The van der Waals surface area contributed by atoms with Crippen LogP contribution in [0.5, 0.6) is 0 Å². The Balaban J connectivity index is 2.69. The molecule has 1 aliphatic rings. The number of nitrogens with zero attached hydrogens (tertiary/aromatic N) is 2. The Kier molecular flexibility index (Phi) is 2.54. The van der Waals surface area contributed by atoms with Gasteiger partial charge in [0.1, 0.15) is 0 Å². The number of hydrogen-bond donors (Lipinski definition) is 0. The van der Waals surface area contributed by atoms with Crippen LogP contribution in [0.4, 0.5) is 0 Å². The first-order valence-electron chi connectivity index (χ1n) is 4.77. The second-order valence-electron chi connectivity index (χ2n) is 3.42.